The van der Waals surface area contributed by atoms with Crippen molar-refractivity contribution in [1.29, 1.82) is 0 Å². The first kappa shape index (κ1) is 18.3. The number of sulfonamides is 1. The summed E-state index contributed by atoms with van der Waals surface area (Å²) in [5, 5.41) is 2.79. The molecule has 4 rings (SSSR count). The van der Waals surface area contributed by atoms with Gasteiger partial charge in [0.15, 0.2) is 0 Å². The highest BCUT2D eigenvalue weighted by atomic mass is 35.5. The van der Waals surface area contributed by atoms with E-state index in [1.807, 2.05) is 0 Å². The van der Waals surface area contributed by atoms with Crippen molar-refractivity contribution in [2.45, 2.75) is 42.0 Å². The van der Waals surface area contributed by atoms with Crippen LogP contribution in [-0.4, -0.2) is 20.4 Å². The maximum atomic E-state index is 13.2. The second kappa shape index (κ2) is 6.49. The van der Waals surface area contributed by atoms with Crippen LogP contribution in [0.1, 0.15) is 31.2 Å². The van der Waals surface area contributed by atoms with Crippen molar-refractivity contribution in [3.05, 3.63) is 58.9 Å². The molecule has 5 nitrogen and oxygen atoms in total. The average molecular weight is 409 g/mol. The van der Waals surface area contributed by atoms with Gasteiger partial charge in [-0.2, -0.15) is 0 Å². The Morgan fingerprint density at radius 2 is 1.78 bits per heavy atom. The molecule has 2 N–H and O–H groups in total. The van der Waals surface area contributed by atoms with Crippen molar-refractivity contribution in [2.75, 3.05) is 4.72 Å². The average Bonchev–Trinajstić information content (AvgIpc) is 3.52. The maximum Gasteiger partial charge on any atom is 0.261 e. The summed E-state index contributed by atoms with van der Waals surface area (Å²) < 4.78 is 40.6. The first-order chi connectivity index (χ1) is 12.8. The number of nitrogens with one attached hydrogen (secondary N) is 2. The Bertz CT molecular complexity index is 1000. The molecular weight excluding hydrogens is 391 g/mol. The van der Waals surface area contributed by atoms with Gasteiger partial charge < -0.3 is 5.32 Å². The fourth-order valence-electron chi connectivity index (χ4n) is 3.04. The molecule has 0 atom stereocenters. The van der Waals surface area contributed by atoms with E-state index < -0.39 is 21.3 Å². The fourth-order valence-corrected chi connectivity index (χ4v) is 4.37. The lowest BCUT2D eigenvalue weighted by Crippen LogP contribution is -2.36. The Balaban J connectivity index is 1.50. The molecule has 0 heterocycles. The zero-order chi connectivity index (χ0) is 19.2. The molecule has 0 bridgehead atoms. The van der Waals surface area contributed by atoms with Gasteiger partial charge in [0.2, 0.25) is 5.91 Å². The van der Waals surface area contributed by atoms with Gasteiger partial charge in [-0.3, -0.25) is 9.52 Å². The Morgan fingerprint density at radius 1 is 1.11 bits per heavy atom. The minimum absolute atomic E-state index is 0.0549. The Labute approximate surface area is 162 Å². The number of hydrogen-bond acceptors (Lipinski definition) is 3. The smallest absolute Gasteiger partial charge is 0.261 e. The van der Waals surface area contributed by atoms with E-state index in [-0.39, 0.29) is 15.8 Å². The second-order valence-corrected chi connectivity index (χ2v) is 9.18. The van der Waals surface area contributed by atoms with Crippen molar-refractivity contribution in [3.8, 4) is 0 Å². The van der Waals surface area contributed by atoms with Crippen LogP contribution >= 0.6 is 11.6 Å². The number of carbonyl (C=O) groups is 1. The lowest BCUT2D eigenvalue weighted by atomic mass is 9.95. The van der Waals surface area contributed by atoms with E-state index in [0.29, 0.717) is 11.7 Å². The van der Waals surface area contributed by atoms with E-state index in [0.717, 1.165) is 49.4 Å². The number of benzene rings is 2. The zero-order valence-electron chi connectivity index (χ0n) is 14.3. The molecule has 2 aliphatic rings. The number of anilines is 1. The molecule has 0 saturated heterocycles. The summed E-state index contributed by atoms with van der Waals surface area (Å²) in [5.74, 6) is -0.626. The van der Waals surface area contributed by atoms with E-state index in [9.17, 15) is 17.6 Å². The van der Waals surface area contributed by atoms with Gasteiger partial charge >= 0.3 is 0 Å². The molecule has 2 aromatic rings. The van der Waals surface area contributed by atoms with Crippen LogP contribution in [0.15, 0.2) is 47.4 Å². The third kappa shape index (κ3) is 3.66. The van der Waals surface area contributed by atoms with E-state index in [1.165, 1.54) is 0 Å². The summed E-state index contributed by atoms with van der Waals surface area (Å²) in [5.41, 5.74) is 0.760. The van der Waals surface area contributed by atoms with Crippen LogP contribution in [0.3, 0.4) is 0 Å². The van der Waals surface area contributed by atoms with Crippen LogP contribution in [0.4, 0.5) is 10.1 Å². The molecule has 2 aliphatic carbocycles. The highest BCUT2D eigenvalue weighted by molar-refractivity contribution is 7.92. The molecule has 2 aromatic carbocycles. The Morgan fingerprint density at radius 3 is 2.33 bits per heavy atom. The molecule has 0 aromatic heterocycles. The largest absolute Gasteiger partial charge is 0.353 e. The number of halogens is 2. The highest BCUT2D eigenvalue weighted by Gasteiger charge is 2.52. The SMILES string of the molecule is O=C(NC1CC1)C1(c2ccc(NS(=O)(=O)c3ccc(F)c(Cl)c3)cc2)CC1. The van der Waals surface area contributed by atoms with Gasteiger partial charge in [0.25, 0.3) is 10.0 Å². The topological polar surface area (TPSA) is 75.3 Å². The Kier molecular flexibility index (Phi) is 4.39. The standard InChI is InChI=1S/C19H18ClFN2O3S/c20-16-11-15(7-8-17(16)21)27(25,26)23-14-3-1-12(2-4-14)19(9-10-19)18(24)22-13-5-6-13/h1-4,7-8,11,13,23H,5-6,9-10H2,(H,22,24). The summed E-state index contributed by atoms with van der Waals surface area (Å²) >= 11 is 5.67. The molecule has 142 valence electrons. The van der Waals surface area contributed by atoms with Gasteiger partial charge in [-0.05, 0) is 61.6 Å². The van der Waals surface area contributed by atoms with Gasteiger partial charge in [0.1, 0.15) is 5.82 Å². The van der Waals surface area contributed by atoms with Crippen LogP contribution in [0.25, 0.3) is 0 Å². The lowest BCUT2D eigenvalue weighted by molar-refractivity contribution is -0.123. The lowest BCUT2D eigenvalue weighted by Gasteiger charge is -2.16. The monoisotopic (exact) mass is 408 g/mol. The third-order valence-electron chi connectivity index (χ3n) is 4.99. The normalized spacial score (nSPS) is 18.0. The van der Waals surface area contributed by atoms with Crippen molar-refractivity contribution in [1.82, 2.24) is 5.32 Å². The zero-order valence-corrected chi connectivity index (χ0v) is 15.9. The van der Waals surface area contributed by atoms with Gasteiger partial charge in [0, 0.05) is 11.7 Å². The predicted octanol–water partition coefficient (Wildman–Crippen LogP) is 3.59. The van der Waals surface area contributed by atoms with Crippen molar-refractivity contribution >= 4 is 33.2 Å². The van der Waals surface area contributed by atoms with E-state index >= 15 is 0 Å². The molecule has 0 spiro atoms. The van der Waals surface area contributed by atoms with Crippen molar-refractivity contribution in [2.24, 2.45) is 0 Å². The summed E-state index contributed by atoms with van der Waals surface area (Å²) in [4.78, 5) is 12.3. The van der Waals surface area contributed by atoms with Gasteiger partial charge in [-0.15, -0.1) is 0 Å². The van der Waals surface area contributed by atoms with Gasteiger partial charge in [-0.1, -0.05) is 23.7 Å². The van der Waals surface area contributed by atoms with Crippen molar-refractivity contribution in [3.63, 3.8) is 0 Å². The third-order valence-corrected chi connectivity index (χ3v) is 6.66. The summed E-state index contributed by atoms with van der Waals surface area (Å²) in [6.45, 7) is 0. The highest BCUT2D eigenvalue weighted by Crippen LogP contribution is 2.49. The van der Waals surface area contributed by atoms with Gasteiger partial charge in [0.05, 0.1) is 15.3 Å². The molecule has 1 amide bonds. The first-order valence-electron chi connectivity index (χ1n) is 8.70. The minimum Gasteiger partial charge on any atom is -0.353 e. The minimum atomic E-state index is -3.89. The number of amides is 1. The van der Waals surface area contributed by atoms with E-state index in [1.54, 1.807) is 24.3 Å². The number of carbonyl (C=O) groups excluding carboxylic acids is 1. The molecule has 8 heteroatoms. The summed E-state index contributed by atoms with van der Waals surface area (Å²) in [6, 6.07) is 10.3. The summed E-state index contributed by atoms with van der Waals surface area (Å²) in [6.07, 6.45) is 3.67. The van der Waals surface area contributed by atoms with Gasteiger partial charge in [-0.25, -0.2) is 12.8 Å². The van der Waals surface area contributed by atoms with E-state index in [4.69, 9.17) is 11.6 Å². The van der Waals surface area contributed by atoms with Crippen LogP contribution < -0.4 is 10.0 Å². The predicted molar refractivity (Wildman–Crippen MR) is 101 cm³/mol. The fraction of sp³-hybridized carbons (Fsp3) is 0.316. The summed E-state index contributed by atoms with van der Waals surface area (Å²) in [7, 11) is -3.89. The molecule has 0 unspecified atom stereocenters. The van der Waals surface area contributed by atoms with Crippen LogP contribution in [0.2, 0.25) is 5.02 Å². The van der Waals surface area contributed by atoms with E-state index in [2.05, 4.69) is 10.0 Å². The quantitative estimate of drug-likeness (QED) is 0.767. The molecule has 0 radical (unpaired) electrons. The second-order valence-electron chi connectivity index (χ2n) is 7.09. The van der Waals surface area contributed by atoms with Crippen LogP contribution in [-0.2, 0) is 20.2 Å². The number of rotatable bonds is 6. The molecule has 2 fully saturated rings. The molecule has 2 saturated carbocycles. The first-order valence-corrected chi connectivity index (χ1v) is 10.6. The van der Waals surface area contributed by atoms with Crippen LogP contribution in [0.5, 0.6) is 0 Å². The molecule has 27 heavy (non-hydrogen) atoms. The van der Waals surface area contributed by atoms with Crippen LogP contribution in [0, 0.1) is 5.82 Å². The molecule has 0 aliphatic heterocycles. The molecular formula is C19H18ClFN2O3S. The number of hydrogen-bond donors (Lipinski definition) is 2. The Hall–Kier alpha value is -2.12. The maximum absolute atomic E-state index is 13.2. The van der Waals surface area contributed by atoms with Crippen molar-refractivity contribution < 1.29 is 17.6 Å².